The first-order valence-corrected chi connectivity index (χ1v) is 11.7. The molecule has 1 amide bonds. The third kappa shape index (κ3) is 5.62. The highest BCUT2D eigenvalue weighted by atomic mass is 16.1. The zero-order chi connectivity index (χ0) is 24.3. The molecule has 0 saturated heterocycles. The normalized spacial score (nSPS) is 13.4. The van der Waals surface area contributed by atoms with Crippen LogP contribution in [-0.2, 0) is 17.6 Å². The molecule has 0 bridgehead atoms. The Kier molecular flexibility index (Phi) is 7.26. The summed E-state index contributed by atoms with van der Waals surface area (Å²) in [4.78, 5) is 19.3. The Morgan fingerprint density at radius 2 is 1.94 bits per heavy atom. The van der Waals surface area contributed by atoms with Crippen molar-refractivity contribution in [2.45, 2.75) is 67.7 Å². The Morgan fingerprint density at radius 1 is 1.21 bits per heavy atom. The molecule has 33 heavy (non-hydrogen) atoms. The number of aryl methyl sites for hydroxylation is 2. The molecule has 0 saturated carbocycles. The minimum atomic E-state index is -0.0229. The molecule has 0 atom stereocenters. The van der Waals surface area contributed by atoms with E-state index in [0.717, 1.165) is 52.7 Å². The molecule has 2 heterocycles. The third-order valence-corrected chi connectivity index (χ3v) is 6.27. The number of benzene rings is 1. The molecule has 4 rings (SSSR count). The highest BCUT2D eigenvalue weighted by molar-refractivity contribution is 6.03. The van der Waals surface area contributed by atoms with Gasteiger partial charge >= 0.3 is 0 Å². The number of hydrogen-bond acceptors (Lipinski definition) is 2. The number of H-pyrrole nitrogens is 1. The molecule has 4 nitrogen and oxygen atoms in total. The van der Waals surface area contributed by atoms with Crippen molar-refractivity contribution in [3.05, 3.63) is 71.1 Å². The van der Waals surface area contributed by atoms with Gasteiger partial charge in [0.15, 0.2) is 0 Å². The largest absolute Gasteiger partial charge is 0.346 e. The van der Waals surface area contributed by atoms with Crippen LogP contribution in [-0.4, -0.2) is 15.9 Å². The highest BCUT2D eigenvalue weighted by Gasteiger charge is 2.22. The molecule has 2 N–H and O–H groups in total. The van der Waals surface area contributed by atoms with Crippen molar-refractivity contribution in [2.75, 3.05) is 5.32 Å². The second kappa shape index (κ2) is 9.78. The Morgan fingerprint density at radius 3 is 2.55 bits per heavy atom. The standard InChI is InChI=1S/C19H19N3O.C10H18.3H2/c1-11-10-13-4-3-5-14(13)18(22-12(2)23)17(11)15-6-8-20-19-16(15)7-9-21-19;1-8(2)7-9(3)10(4,5)6;;;/h6-10H,3-5H2,1-2H3,(H,20,21)(H,22,23);7H,1H2,2-6H3;3*1H/b;9-7+;;;. The first-order chi connectivity index (χ1) is 15.5. The maximum Gasteiger partial charge on any atom is 0.221 e. The number of anilines is 1. The van der Waals surface area contributed by atoms with Crippen LogP contribution in [0.15, 0.2) is 54.4 Å². The summed E-state index contributed by atoms with van der Waals surface area (Å²) in [6.45, 7) is 18.3. The monoisotopic (exact) mass is 449 g/mol. The molecule has 0 spiro atoms. The minimum absolute atomic E-state index is 0. The number of nitrogens with zero attached hydrogens (tertiary/aromatic N) is 1. The van der Waals surface area contributed by atoms with Gasteiger partial charge in [0.1, 0.15) is 5.65 Å². The van der Waals surface area contributed by atoms with Crippen molar-refractivity contribution in [1.29, 1.82) is 0 Å². The van der Waals surface area contributed by atoms with Gasteiger partial charge in [0.05, 0.1) is 5.69 Å². The number of carbonyl (C=O) groups excluding carboxylic acids is 1. The Hall–Kier alpha value is -3.14. The molecular weight excluding hydrogens is 406 g/mol. The lowest BCUT2D eigenvalue weighted by Gasteiger charge is -2.19. The van der Waals surface area contributed by atoms with Gasteiger partial charge in [0.25, 0.3) is 0 Å². The highest BCUT2D eigenvalue weighted by Crippen LogP contribution is 2.42. The van der Waals surface area contributed by atoms with Gasteiger partial charge in [-0.25, -0.2) is 4.98 Å². The number of hydrogen-bond donors (Lipinski definition) is 2. The molecular formula is C29H43N3O. The van der Waals surface area contributed by atoms with E-state index in [1.165, 1.54) is 22.3 Å². The lowest BCUT2D eigenvalue weighted by molar-refractivity contribution is -0.114. The van der Waals surface area contributed by atoms with Crippen LogP contribution < -0.4 is 5.32 Å². The van der Waals surface area contributed by atoms with E-state index in [1.807, 2.05) is 31.5 Å². The molecule has 1 aliphatic rings. The molecule has 0 fully saturated rings. The predicted molar refractivity (Wildman–Crippen MR) is 147 cm³/mol. The number of pyridine rings is 1. The predicted octanol–water partition coefficient (Wildman–Crippen LogP) is 8.28. The fraction of sp³-hybridized carbons (Fsp3) is 0.379. The van der Waals surface area contributed by atoms with Gasteiger partial charge in [-0.2, -0.15) is 0 Å². The molecule has 1 aliphatic carbocycles. The summed E-state index contributed by atoms with van der Waals surface area (Å²) in [6.07, 6.45) is 9.14. The number of allylic oxidation sites excluding steroid dienone is 3. The van der Waals surface area contributed by atoms with Crippen molar-refractivity contribution in [2.24, 2.45) is 5.41 Å². The van der Waals surface area contributed by atoms with E-state index in [1.54, 1.807) is 6.92 Å². The van der Waals surface area contributed by atoms with Gasteiger partial charge in [0.2, 0.25) is 5.91 Å². The fourth-order valence-electron chi connectivity index (χ4n) is 4.32. The van der Waals surface area contributed by atoms with E-state index >= 15 is 0 Å². The van der Waals surface area contributed by atoms with Crippen LogP contribution in [0.25, 0.3) is 22.2 Å². The smallest absolute Gasteiger partial charge is 0.221 e. The average Bonchev–Trinajstić information content (AvgIpc) is 3.36. The number of rotatable bonds is 3. The SMILES string of the molecule is C=C(C)/C=C(\C)C(C)(C)C.CC(=O)Nc1c2c(cc(C)c1-c1ccnc3[nH]ccc13)CCC2.[HH].[HH].[HH]. The lowest BCUT2D eigenvalue weighted by Crippen LogP contribution is -2.10. The van der Waals surface area contributed by atoms with Crippen molar-refractivity contribution < 1.29 is 9.07 Å². The number of carbonyl (C=O) groups is 1. The van der Waals surface area contributed by atoms with Crippen molar-refractivity contribution in [1.82, 2.24) is 9.97 Å². The molecule has 4 heteroatoms. The van der Waals surface area contributed by atoms with E-state index in [4.69, 9.17) is 0 Å². The quantitative estimate of drug-likeness (QED) is 0.395. The first kappa shape index (κ1) is 24.5. The minimum Gasteiger partial charge on any atom is -0.346 e. The van der Waals surface area contributed by atoms with E-state index in [9.17, 15) is 4.79 Å². The second-order valence-electron chi connectivity index (χ2n) is 10.1. The molecule has 180 valence electrons. The Balaban J connectivity index is 0.000000821. The summed E-state index contributed by atoms with van der Waals surface area (Å²) in [7, 11) is 0. The van der Waals surface area contributed by atoms with Crippen LogP contribution in [0.5, 0.6) is 0 Å². The number of aromatic nitrogens is 2. The number of nitrogens with one attached hydrogen (secondary N) is 2. The summed E-state index contributed by atoms with van der Waals surface area (Å²) < 4.78 is 0. The summed E-state index contributed by atoms with van der Waals surface area (Å²) >= 11 is 0. The third-order valence-electron chi connectivity index (χ3n) is 6.27. The second-order valence-corrected chi connectivity index (χ2v) is 10.1. The summed E-state index contributed by atoms with van der Waals surface area (Å²) in [5, 5.41) is 4.18. The van der Waals surface area contributed by atoms with E-state index in [-0.39, 0.29) is 10.2 Å². The summed E-state index contributed by atoms with van der Waals surface area (Å²) in [5.74, 6) is -0.0229. The number of amides is 1. The van der Waals surface area contributed by atoms with Gasteiger partial charge in [-0.3, -0.25) is 4.79 Å². The van der Waals surface area contributed by atoms with Gasteiger partial charge in [-0.05, 0) is 79.8 Å². The lowest BCUT2D eigenvalue weighted by atomic mass is 9.87. The molecule has 3 aromatic rings. The maximum absolute atomic E-state index is 11.8. The van der Waals surface area contributed by atoms with Crippen molar-refractivity contribution >= 4 is 22.6 Å². The summed E-state index contributed by atoms with van der Waals surface area (Å²) in [5.41, 5.74) is 10.8. The molecule has 2 aromatic heterocycles. The van der Waals surface area contributed by atoms with E-state index in [2.05, 4.69) is 68.6 Å². The number of fused-ring (bicyclic) bond motifs is 2. The Bertz CT molecular complexity index is 1240. The van der Waals surface area contributed by atoms with Crippen LogP contribution >= 0.6 is 0 Å². The summed E-state index contributed by atoms with van der Waals surface area (Å²) in [6, 6.07) is 6.36. The topological polar surface area (TPSA) is 57.8 Å². The molecule has 0 radical (unpaired) electrons. The van der Waals surface area contributed by atoms with Crippen LogP contribution in [0.3, 0.4) is 0 Å². The van der Waals surface area contributed by atoms with E-state index in [0.29, 0.717) is 5.41 Å². The first-order valence-electron chi connectivity index (χ1n) is 11.7. The molecule has 0 unspecified atom stereocenters. The van der Waals surface area contributed by atoms with E-state index < -0.39 is 0 Å². The van der Waals surface area contributed by atoms with Crippen LogP contribution in [0.2, 0.25) is 0 Å². The fourth-order valence-corrected chi connectivity index (χ4v) is 4.32. The van der Waals surface area contributed by atoms with Gasteiger partial charge < -0.3 is 10.3 Å². The molecule has 1 aromatic carbocycles. The van der Waals surface area contributed by atoms with Gasteiger partial charge in [-0.1, -0.05) is 50.6 Å². The van der Waals surface area contributed by atoms with Crippen molar-refractivity contribution in [3.8, 4) is 11.1 Å². The van der Waals surface area contributed by atoms with Crippen LogP contribution in [0.4, 0.5) is 5.69 Å². The molecule has 0 aliphatic heterocycles. The van der Waals surface area contributed by atoms with Crippen LogP contribution in [0.1, 0.15) is 68.9 Å². The van der Waals surface area contributed by atoms with Gasteiger partial charge in [0, 0.05) is 34.5 Å². The average molecular weight is 450 g/mol. The Labute approximate surface area is 202 Å². The number of aromatic amines is 1. The van der Waals surface area contributed by atoms with Crippen molar-refractivity contribution in [3.63, 3.8) is 0 Å². The zero-order valence-electron chi connectivity index (χ0n) is 21.1. The maximum atomic E-state index is 11.8. The van der Waals surface area contributed by atoms with Gasteiger partial charge in [-0.15, -0.1) is 0 Å². The van der Waals surface area contributed by atoms with Crippen LogP contribution in [0, 0.1) is 12.3 Å². The zero-order valence-corrected chi connectivity index (χ0v) is 21.1.